The number of carbonyl (C=O) groups excluding carboxylic acids is 4. The highest BCUT2D eigenvalue weighted by atomic mass is 19.4. The van der Waals surface area contributed by atoms with Gasteiger partial charge in [0, 0.05) is 19.2 Å². The van der Waals surface area contributed by atoms with E-state index in [0.29, 0.717) is 30.7 Å². The second-order valence-corrected chi connectivity index (χ2v) is 11.8. The molecule has 0 radical (unpaired) electrons. The number of ether oxygens (including phenoxy) is 2. The Labute approximate surface area is 293 Å². The molecule has 0 aliphatic carbocycles. The fourth-order valence-corrected chi connectivity index (χ4v) is 3.23. The Bertz CT molecular complexity index is 1330. The lowest BCUT2D eigenvalue weighted by Gasteiger charge is -2.26. The summed E-state index contributed by atoms with van der Waals surface area (Å²) in [6.45, 7) is 14.9. The molecule has 0 aliphatic heterocycles. The van der Waals surface area contributed by atoms with Crippen LogP contribution < -0.4 is 16.0 Å². The number of alkyl halides is 3. The van der Waals surface area contributed by atoms with Gasteiger partial charge in [-0.1, -0.05) is 49.4 Å². The molecule has 0 saturated heterocycles. The molecule has 0 saturated carbocycles. The first kappa shape index (κ1) is 47.7. The zero-order chi connectivity index (χ0) is 39.0. The number of halogens is 3. The van der Waals surface area contributed by atoms with E-state index in [9.17, 15) is 32.3 Å². The molecule has 11 nitrogen and oxygen atoms in total. The zero-order valence-corrected chi connectivity index (χ0v) is 30.6. The van der Waals surface area contributed by atoms with Crippen LogP contribution in [0.1, 0.15) is 78.0 Å². The molecule has 0 spiro atoms. The van der Waals surface area contributed by atoms with Crippen molar-refractivity contribution in [3.8, 4) is 0 Å². The summed E-state index contributed by atoms with van der Waals surface area (Å²) in [6.07, 6.45) is -0.357. The van der Waals surface area contributed by atoms with Crippen molar-refractivity contribution in [2.24, 2.45) is 4.99 Å². The number of allylic oxidation sites excluding steroid dienone is 1. The van der Waals surface area contributed by atoms with Crippen molar-refractivity contribution >= 4 is 30.8 Å². The van der Waals surface area contributed by atoms with Crippen molar-refractivity contribution in [1.82, 2.24) is 16.0 Å². The Hall–Kier alpha value is -4.40. The monoisotopic (exact) mass is 710 g/mol. The summed E-state index contributed by atoms with van der Waals surface area (Å²) in [5.74, 6) is -0.633. The zero-order valence-electron chi connectivity index (χ0n) is 30.6. The van der Waals surface area contributed by atoms with Gasteiger partial charge < -0.3 is 35.3 Å². The van der Waals surface area contributed by atoms with E-state index in [0.717, 1.165) is 24.8 Å². The van der Waals surface area contributed by atoms with Crippen LogP contribution in [-0.4, -0.2) is 73.8 Å². The third kappa shape index (κ3) is 20.9. The molecule has 0 aliphatic rings. The van der Waals surface area contributed by atoms with Gasteiger partial charge in [0.1, 0.15) is 23.8 Å². The molecular weight excluding hydrogens is 657 g/mol. The van der Waals surface area contributed by atoms with E-state index in [2.05, 4.69) is 25.7 Å². The molecule has 2 atom stereocenters. The Morgan fingerprint density at radius 2 is 1.50 bits per heavy atom. The predicted octanol–water partition coefficient (Wildman–Crippen LogP) is 5.33. The van der Waals surface area contributed by atoms with Crippen molar-refractivity contribution in [2.45, 2.75) is 91.3 Å². The molecule has 0 aromatic heterocycles. The fraction of sp³-hybridized carbons (Fsp3) is 0.472. The highest BCUT2D eigenvalue weighted by Gasteiger charge is 2.31. The predicted molar refractivity (Wildman–Crippen MR) is 188 cm³/mol. The molecule has 2 rings (SSSR count). The molecule has 50 heavy (non-hydrogen) atoms. The molecule has 2 amide bonds. The standard InChI is InChI=1S/C20H30N4O3.C10H9F3O.C5H10O2.CH4O/c1-6-17(22-7-2)24-18(25)16(23-19(26)20(3,4)21-5)14-27-13-15-11-9-8-10-12-15;1-7(6-14)8-2-4-9(5-3-8)10(11,12)13;1-5(2,3)7-4-6;1-2/h6-12,16,21H,13-14H2,1-5H3,(H,23,26)(H,24,25);2-7H,1H3;4H,1-3H3;2H,1H3/b17-6+,22-7-;;;. The third-order valence-corrected chi connectivity index (χ3v) is 6.37. The molecule has 0 heterocycles. The van der Waals surface area contributed by atoms with E-state index in [1.807, 2.05) is 51.1 Å². The smallest absolute Gasteiger partial charge is 0.416 e. The SMILES string of the molecule is C/C=N\C(=C/C)NC(=O)C(COCc1ccccc1)NC(=O)C(C)(C)NC.CC(C)(C)OC=O.CC(C=O)c1ccc(C(F)(F)F)cc1.CO. The summed E-state index contributed by atoms with van der Waals surface area (Å²) in [6, 6.07) is 13.4. The van der Waals surface area contributed by atoms with Crippen molar-refractivity contribution in [2.75, 3.05) is 20.8 Å². The quantitative estimate of drug-likeness (QED) is 0.161. The summed E-state index contributed by atoms with van der Waals surface area (Å²) in [4.78, 5) is 49.1. The van der Waals surface area contributed by atoms with Gasteiger partial charge in [0.15, 0.2) is 0 Å². The number of aldehydes is 1. The average molecular weight is 711 g/mol. The molecule has 280 valence electrons. The lowest BCUT2D eigenvalue weighted by Crippen LogP contribution is -2.58. The summed E-state index contributed by atoms with van der Waals surface area (Å²) in [7, 11) is 2.69. The van der Waals surface area contributed by atoms with Gasteiger partial charge in [-0.3, -0.25) is 14.4 Å². The number of aliphatic hydroxyl groups is 1. The van der Waals surface area contributed by atoms with E-state index < -0.39 is 23.3 Å². The van der Waals surface area contributed by atoms with Crippen LogP contribution in [0.3, 0.4) is 0 Å². The summed E-state index contributed by atoms with van der Waals surface area (Å²) in [5.41, 5.74) is -0.249. The number of benzene rings is 2. The minimum Gasteiger partial charge on any atom is -0.462 e. The van der Waals surface area contributed by atoms with Crippen molar-refractivity contribution in [3.05, 3.63) is 83.2 Å². The normalized spacial score (nSPS) is 12.7. The molecule has 14 heteroatoms. The van der Waals surface area contributed by atoms with Gasteiger partial charge in [-0.15, -0.1) is 0 Å². The maximum atomic E-state index is 12.6. The summed E-state index contributed by atoms with van der Waals surface area (Å²) >= 11 is 0. The highest BCUT2D eigenvalue weighted by molar-refractivity contribution is 5.92. The molecule has 2 aromatic rings. The number of rotatable bonds is 13. The van der Waals surface area contributed by atoms with Crippen molar-refractivity contribution in [1.29, 1.82) is 0 Å². The van der Waals surface area contributed by atoms with Crippen LogP contribution >= 0.6 is 0 Å². The second-order valence-electron chi connectivity index (χ2n) is 11.8. The largest absolute Gasteiger partial charge is 0.462 e. The van der Waals surface area contributed by atoms with Crippen LogP contribution in [0.15, 0.2) is 71.5 Å². The Balaban J connectivity index is 0. The van der Waals surface area contributed by atoms with Gasteiger partial charge in [0.25, 0.3) is 12.4 Å². The van der Waals surface area contributed by atoms with Crippen molar-refractivity contribution < 1.29 is 46.9 Å². The first-order valence-corrected chi connectivity index (χ1v) is 15.6. The first-order chi connectivity index (χ1) is 23.3. The molecule has 4 N–H and O–H groups in total. The van der Waals surface area contributed by atoms with Gasteiger partial charge in [-0.25, -0.2) is 4.99 Å². The number of carbonyl (C=O) groups is 4. The first-order valence-electron chi connectivity index (χ1n) is 15.6. The summed E-state index contributed by atoms with van der Waals surface area (Å²) < 4.78 is 46.6. The van der Waals surface area contributed by atoms with E-state index in [1.165, 1.54) is 12.1 Å². The number of hydrogen-bond acceptors (Lipinski definition) is 9. The van der Waals surface area contributed by atoms with Crippen LogP contribution in [0, 0.1) is 0 Å². The third-order valence-electron chi connectivity index (χ3n) is 6.37. The van der Waals surface area contributed by atoms with Gasteiger partial charge >= 0.3 is 6.18 Å². The number of nitrogens with zero attached hydrogens (tertiary/aromatic N) is 1. The van der Waals surface area contributed by atoms with Crippen LogP contribution in [0.2, 0.25) is 0 Å². The van der Waals surface area contributed by atoms with Crippen LogP contribution in [0.4, 0.5) is 13.2 Å². The van der Waals surface area contributed by atoms with Crippen LogP contribution in [0.5, 0.6) is 0 Å². The van der Waals surface area contributed by atoms with Gasteiger partial charge in [0.05, 0.1) is 24.3 Å². The maximum absolute atomic E-state index is 12.6. The molecule has 2 unspecified atom stereocenters. The number of likely N-dealkylation sites (N-methyl/N-ethyl adjacent to an activating group) is 1. The van der Waals surface area contributed by atoms with Gasteiger partial charge in [-0.05, 0) is 84.8 Å². The number of aliphatic imine (C=N–C) groups is 1. The number of nitrogens with one attached hydrogen (secondary N) is 3. The van der Waals surface area contributed by atoms with E-state index in [1.54, 1.807) is 54.0 Å². The Kier molecular flexibility index (Phi) is 23.6. The summed E-state index contributed by atoms with van der Waals surface area (Å²) in [5, 5.41) is 15.4. The Morgan fingerprint density at radius 3 is 1.90 bits per heavy atom. The minimum atomic E-state index is -4.32. The fourth-order valence-electron chi connectivity index (χ4n) is 3.23. The minimum absolute atomic E-state index is 0.0408. The molecule has 0 fully saturated rings. The maximum Gasteiger partial charge on any atom is 0.416 e. The van der Waals surface area contributed by atoms with Crippen LogP contribution in [-0.2, 0) is 41.4 Å². The molecule has 0 bridgehead atoms. The molecular formula is C36H53F3N4O7. The topological polar surface area (TPSA) is 155 Å². The van der Waals surface area contributed by atoms with Crippen molar-refractivity contribution in [3.63, 3.8) is 0 Å². The second kappa shape index (κ2) is 24.7. The number of aliphatic hydroxyl groups excluding tert-OH is 1. The number of hydrogen-bond donors (Lipinski definition) is 4. The number of amides is 2. The lowest BCUT2D eigenvalue weighted by molar-refractivity contribution is -0.139. The van der Waals surface area contributed by atoms with E-state index in [-0.39, 0.29) is 29.9 Å². The molecule has 2 aromatic carbocycles. The highest BCUT2D eigenvalue weighted by Crippen LogP contribution is 2.29. The van der Waals surface area contributed by atoms with Gasteiger partial charge in [0.2, 0.25) is 5.91 Å². The van der Waals surface area contributed by atoms with E-state index in [4.69, 9.17) is 9.84 Å². The van der Waals surface area contributed by atoms with E-state index >= 15 is 0 Å². The lowest BCUT2D eigenvalue weighted by atomic mass is 10.0. The Morgan fingerprint density at radius 1 is 0.940 bits per heavy atom. The average Bonchev–Trinajstić information content (AvgIpc) is 3.08. The van der Waals surface area contributed by atoms with Crippen LogP contribution in [0.25, 0.3) is 0 Å². The van der Waals surface area contributed by atoms with Gasteiger partial charge in [-0.2, -0.15) is 13.2 Å².